The molecule has 3 rings (SSSR count). The molecule has 1 heterocycles. The van der Waals surface area contributed by atoms with Crippen molar-refractivity contribution in [2.75, 3.05) is 13.1 Å². The average molecular weight is 262 g/mol. The van der Waals surface area contributed by atoms with Crippen molar-refractivity contribution in [2.45, 2.75) is 58.2 Å². The molecule has 0 bridgehead atoms. The molecule has 0 amide bonds. The zero-order chi connectivity index (χ0) is 13.1. The second-order valence-corrected chi connectivity index (χ2v) is 6.15. The highest BCUT2D eigenvalue weighted by Gasteiger charge is 2.23. The lowest BCUT2D eigenvalue weighted by Crippen LogP contribution is -2.32. The maximum atomic E-state index is 5.64. The summed E-state index contributed by atoms with van der Waals surface area (Å²) in [4.78, 5) is 2.56. The minimum Gasteiger partial charge on any atom is -0.468 e. The summed E-state index contributed by atoms with van der Waals surface area (Å²) in [6.07, 6.45) is 8.80. The van der Waals surface area contributed by atoms with Crippen molar-refractivity contribution in [3.8, 4) is 0 Å². The van der Waals surface area contributed by atoms with Crippen molar-refractivity contribution in [2.24, 2.45) is 5.92 Å². The molecule has 0 radical (unpaired) electrons. The van der Waals surface area contributed by atoms with Crippen LogP contribution in [0.5, 0.6) is 0 Å². The number of furan rings is 1. The van der Waals surface area contributed by atoms with E-state index in [1.807, 2.05) is 6.26 Å². The van der Waals surface area contributed by atoms with Crippen molar-refractivity contribution < 1.29 is 4.42 Å². The smallest absolute Gasteiger partial charge is 0.122 e. The van der Waals surface area contributed by atoms with Gasteiger partial charge in [-0.05, 0) is 44.2 Å². The lowest BCUT2D eigenvalue weighted by atomic mass is 9.85. The Morgan fingerprint density at radius 1 is 1.32 bits per heavy atom. The van der Waals surface area contributed by atoms with E-state index in [1.165, 1.54) is 44.2 Å². The Morgan fingerprint density at radius 3 is 2.79 bits per heavy atom. The van der Waals surface area contributed by atoms with Crippen molar-refractivity contribution >= 4 is 0 Å². The van der Waals surface area contributed by atoms with E-state index in [9.17, 15) is 0 Å². The first-order chi connectivity index (χ1) is 9.35. The molecule has 2 aliphatic rings. The molecule has 2 fully saturated rings. The van der Waals surface area contributed by atoms with Crippen LogP contribution in [0.2, 0.25) is 0 Å². The van der Waals surface area contributed by atoms with E-state index in [4.69, 9.17) is 4.42 Å². The lowest BCUT2D eigenvalue weighted by Gasteiger charge is -2.31. The molecule has 2 aliphatic carbocycles. The largest absolute Gasteiger partial charge is 0.468 e. The van der Waals surface area contributed by atoms with Gasteiger partial charge < -0.3 is 9.73 Å². The monoisotopic (exact) mass is 262 g/mol. The van der Waals surface area contributed by atoms with Crippen LogP contribution in [0.25, 0.3) is 0 Å². The van der Waals surface area contributed by atoms with Gasteiger partial charge in [-0.3, -0.25) is 4.90 Å². The van der Waals surface area contributed by atoms with Gasteiger partial charge in [0.15, 0.2) is 0 Å². The first-order valence-corrected chi connectivity index (χ1v) is 7.86. The maximum absolute atomic E-state index is 5.64. The van der Waals surface area contributed by atoms with E-state index in [0.29, 0.717) is 0 Å². The zero-order valence-electron chi connectivity index (χ0n) is 12.0. The molecular weight excluding hydrogens is 236 g/mol. The molecule has 2 saturated carbocycles. The van der Waals surface area contributed by atoms with Crippen LogP contribution in [0, 0.1) is 5.92 Å². The molecule has 106 valence electrons. The van der Waals surface area contributed by atoms with Crippen LogP contribution < -0.4 is 5.32 Å². The number of hydrogen-bond acceptors (Lipinski definition) is 3. The van der Waals surface area contributed by atoms with E-state index in [1.54, 1.807) is 0 Å². The SMILES string of the molecule is CCN(Cc1ccoc1CNC1CC1)CC1CCC1. The zero-order valence-corrected chi connectivity index (χ0v) is 12.0. The molecule has 0 spiro atoms. The molecular formula is C16H26N2O. The summed E-state index contributed by atoms with van der Waals surface area (Å²) >= 11 is 0. The highest BCUT2D eigenvalue weighted by atomic mass is 16.3. The van der Waals surface area contributed by atoms with Gasteiger partial charge >= 0.3 is 0 Å². The topological polar surface area (TPSA) is 28.4 Å². The maximum Gasteiger partial charge on any atom is 0.122 e. The quantitative estimate of drug-likeness (QED) is 0.780. The Balaban J connectivity index is 1.52. The minimum absolute atomic E-state index is 0.746. The van der Waals surface area contributed by atoms with Gasteiger partial charge in [0.25, 0.3) is 0 Å². The van der Waals surface area contributed by atoms with Gasteiger partial charge in [-0.25, -0.2) is 0 Å². The van der Waals surface area contributed by atoms with Gasteiger partial charge in [0.05, 0.1) is 12.8 Å². The Morgan fingerprint density at radius 2 is 2.16 bits per heavy atom. The molecule has 0 atom stereocenters. The van der Waals surface area contributed by atoms with Gasteiger partial charge in [0.2, 0.25) is 0 Å². The van der Waals surface area contributed by atoms with Gasteiger partial charge in [0, 0.05) is 24.7 Å². The highest BCUT2D eigenvalue weighted by molar-refractivity contribution is 5.17. The Hall–Kier alpha value is -0.800. The molecule has 0 aliphatic heterocycles. The third-order valence-electron chi connectivity index (χ3n) is 4.55. The average Bonchev–Trinajstić information content (AvgIpc) is 3.10. The Labute approximate surface area is 116 Å². The van der Waals surface area contributed by atoms with Crippen LogP contribution in [0.4, 0.5) is 0 Å². The van der Waals surface area contributed by atoms with Crippen molar-refractivity contribution in [1.82, 2.24) is 10.2 Å². The summed E-state index contributed by atoms with van der Waals surface area (Å²) < 4.78 is 5.64. The van der Waals surface area contributed by atoms with Crippen LogP contribution >= 0.6 is 0 Å². The first kappa shape index (κ1) is 13.2. The fraction of sp³-hybridized carbons (Fsp3) is 0.750. The Bertz CT molecular complexity index is 393. The first-order valence-electron chi connectivity index (χ1n) is 7.86. The van der Waals surface area contributed by atoms with Crippen molar-refractivity contribution in [1.29, 1.82) is 0 Å². The summed E-state index contributed by atoms with van der Waals surface area (Å²) in [5.74, 6) is 2.08. The second-order valence-electron chi connectivity index (χ2n) is 6.15. The fourth-order valence-electron chi connectivity index (χ4n) is 2.77. The van der Waals surface area contributed by atoms with E-state index in [-0.39, 0.29) is 0 Å². The molecule has 1 aromatic rings. The standard InChI is InChI=1S/C16H26N2O/c1-2-18(11-13-4-3-5-13)12-14-8-9-19-16(14)10-17-15-6-7-15/h8-9,13,15,17H,2-7,10-12H2,1H3. The van der Waals surface area contributed by atoms with E-state index in [0.717, 1.165) is 37.4 Å². The predicted molar refractivity (Wildman–Crippen MR) is 76.9 cm³/mol. The molecule has 1 aromatic heterocycles. The second kappa shape index (κ2) is 6.10. The van der Waals surface area contributed by atoms with Crippen LogP contribution in [0.3, 0.4) is 0 Å². The number of rotatable bonds is 8. The fourth-order valence-corrected chi connectivity index (χ4v) is 2.77. The van der Waals surface area contributed by atoms with Crippen LogP contribution in [-0.4, -0.2) is 24.0 Å². The third-order valence-corrected chi connectivity index (χ3v) is 4.55. The lowest BCUT2D eigenvalue weighted by molar-refractivity contribution is 0.177. The van der Waals surface area contributed by atoms with E-state index in [2.05, 4.69) is 23.2 Å². The predicted octanol–water partition coefficient (Wildman–Crippen LogP) is 3.15. The van der Waals surface area contributed by atoms with Crippen LogP contribution in [0.1, 0.15) is 50.4 Å². The summed E-state index contributed by atoms with van der Waals surface area (Å²) in [5.41, 5.74) is 1.37. The third kappa shape index (κ3) is 3.61. The molecule has 3 nitrogen and oxygen atoms in total. The van der Waals surface area contributed by atoms with Crippen molar-refractivity contribution in [3.63, 3.8) is 0 Å². The summed E-state index contributed by atoms with van der Waals surface area (Å²) in [6, 6.07) is 2.89. The Kier molecular flexibility index (Phi) is 4.24. The normalized spacial score (nSPS) is 19.9. The van der Waals surface area contributed by atoms with Crippen LogP contribution in [-0.2, 0) is 13.1 Å². The summed E-state index contributed by atoms with van der Waals surface area (Å²) in [7, 11) is 0. The van der Waals surface area contributed by atoms with E-state index >= 15 is 0 Å². The summed E-state index contributed by atoms with van der Waals surface area (Å²) in [6.45, 7) is 6.61. The van der Waals surface area contributed by atoms with Crippen LogP contribution in [0.15, 0.2) is 16.7 Å². The van der Waals surface area contributed by atoms with Crippen molar-refractivity contribution in [3.05, 3.63) is 23.7 Å². The van der Waals surface area contributed by atoms with Gasteiger partial charge in [-0.15, -0.1) is 0 Å². The van der Waals surface area contributed by atoms with Gasteiger partial charge in [-0.1, -0.05) is 13.3 Å². The molecule has 19 heavy (non-hydrogen) atoms. The summed E-state index contributed by atoms with van der Waals surface area (Å²) in [5, 5.41) is 3.54. The molecule has 0 aromatic carbocycles. The number of nitrogens with zero attached hydrogens (tertiary/aromatic N) is 1. The minimum atomic E-state index is 0.746. The highest BCUT2D eigenvalue weighted by Crippen LogP contribution is 2.28. The van der Waals surface area contributed by atoms with Gasteiger partial charge in [-0.2, -0.15) is 0 Å². The number of nitrogens with one attached hydrogen (secondary N) is 1. The van der Waals surface area contributed by atoms with E-state index < -0.39 is 0 Å². The number of hydrogen-bond donors (Lipinski definition) is 1. The molecule has 0 unspecified atom stereocenters. The molecule has 0 saturated heterocycles. The van der Waals surface area contributed by atoms with Gasteiger partial charge in [0.1, 0.15) is 5.76 Å². The molecule has 1 N–H and O–H groups in total. The molecule has 3 heteroatoms.